The summed E-state index contributed by atoms with van der Waals surface area (Å²) in [4.78, 5) is 11.1. The minimum atomic E-state index is -0.00203. The smallest absolute Gasteiger partial charge is 0.245 e. The molecule has 2 N–H and O–H groups in total. The summed E-state index contributed by atoms with van der Waals surface area (Å²) >= 11 is 0. The van der Waals surface area contributed by atoms with Crippen molar-refractivity contribution < 1.29 is 9.53 Å². The maximum atomic E-state index is 11.1. The lowest BCUT2D eigenvalue weighted by atomic mass is 10.1. The Labute approximate surface area is 97.5 Å². The average molecular weight is 237 g/mol. The van der Waals surface area contributed by atoms with Crippen molar-refractivity contribution in [2.24, 2.45) is 5.92 Å². The number of rotatable bonds is 6. The van der Waals surface area contributed by atoms with Crippen LogP contribution in [0, 0.1) is 5.92 Å². The van der Waals surface area contributed by atoms with E-state index in [1.54, 1.807) is 0 Å². The Morgan fingerprint density at radius 2 is 2.40 bits per heavy atom. The number of hydrogen-bond acceptors (Lipinski definition) is 3. The van der Waals surface area contributed by atoms with Gasteiger partial charge in [0.05, 0.1) is 0 Å². The standard InChI is InChI=1S/C10H20N2O2.ClH/c1-2-14-8-10(13)12-6-4-9-3-5-11-7-9;/h9,11H,2-8H2,1H3,(H,12,13);1H. The quantitative estimate of drug-likeness (QED) is 0.709. The van der Waals surface area contributed by atoms with E-state index in [4.69, 9.17) is 4.74 Å². The average Bonchev–Trinajstić information content (AvgIpc) is 2.67. The number of amides is 1. The van der Waals surface area contributed by atoms with Gasteiger partial charge in [-0.2, -0.15) is 0 Å². The molecule has 0 saturated carbocycles. The topological polar surface area (TPSA) is 50.4 Å². The third-order valence-electron chi connectivity index (χ3n) is 2.47. The molecule has 0 spiro atoms. The third-order valence-corrected chi connectivity index (χ3v) is 2.47. The Kier molecular flexibility index (Phi) is 8.76. The van der Waals surface area contributed by atoms with Gasteiger partial charge in [0, 0.05) is 13.2 Å². The molecule has 1 saturated heterocycles. The highest BCUT2D eigenvalue weighted by atomic mass is 35.5. The van der Waals surface area contributed by atoms with Crippen LogP contribution < -0.4 is 10.6 Å². The van der Waals surface area contributed by atoms with Gasteiger partial charge in [0.2, 0.25) is 5.91 Å². The number of ether oxygens (including phenoxy) is 1. The summed E-state index contributed by atoms with van der Waals surface area (Å²) in [6.07, 6.45) is 2.31. The van der Waals surface area contributed by atoms with Gasteiger partial charge in [-0.05, 0) is 38.8 Å². The summed E-state index contributed by atoms with van der Waals surface area (Å²) < 4.78 is 4.99. The van der Waals surface area contributed by atoms with Gasteiger partial charge in [-0.1, -0.05) is 0 Å². The lowest BCUT2D eigenvalue weighted by molar-refractivity contribution is -0.125. The van der Waals surface area contributed by atoms with Gasteiger partial charge in [-0.25, -0.2) is 0 Å². The third kappa shape index (κ3) is 6.71. The molecule has 5 heteroatoms. The second-order valence-electron chi connectivity index (χ2n) is 3.63. The molecule has 4 nitrogen and oxygen atoms in total. The molecule has 0 radical (unpaired) electrons. The molecular formula is C10H21ClN2O2. The van der Waals surface area contributed by atoms with Gasteiger partial charge in [0.15, 0.2) is 0 Å². The van der Waals surface area contributed by atoms with Crippen LogP contribution in [0.2, 0.25) is 0 Å². The maximum absolute atomic E-state index is 11.1. The van der Waals surface area contributed by atoms with Crippen LogP contribution >= 0.6 is 12.4 Å². The van der Waals surface area contributed by atoms with Crippen LogP contribution in [0.15, 0.2) is 0 Å². The summed E-state index contributed by atoms with van der Waals surface area (Å²) in [6.45, 7) is 5.67. The largest absolute Gasteiger partial charge is 0.372 e. The van der Waals surface area contributed by atoms with E-state index in [9.17, 15) is 4.79 Å². The van der Waals surface area contributed by atoms with Crippen molar-refractivity contribution in [2.75, 3.05) is 32.8 Å². The number of carbonyl (C=O) groups is 1. The van der Waals surface area contributed by atoms with Gasteiger partial charge in [0.1, 0.15) is 6.61 Å². The minimum absolute atomic E-state index is 0. The molecule has 1 aliphatic heterocycles. The highest BCUT2D eigenvalue weighted by molar-refractivity contribution is 5.85. The lowest BCUT2D eigenvalue weighted by Gasteiger charge is -2.09. The first-order valence-electron chi connectivity index (χ1n) is 5.38. The van der Waals surface area contributed by atoms with Crippen molar-refractivity contribution in [1.82, 2.24) is 10.6 Å². The van der Waals surface area contributed by atoms with Gasteiger partial charge in [-0.15, -0.1) is 12.4 Å². The van der Waals surface area contributed by atoms with Crippen LogP contribution in [0.25, 0.3) is 0 Å². The number of halogens is 1. The van der Waals surface area contributed by atoms with E-state index in [1.165, 1.54) is 6.42 Å². The molecule has 15 heavy (non-hydrogen) atoms. The van der Waals surface area contributed by atoms with Crippen LogP contribution in [-0.2, 0) is 9.53 Å². The molecule has 1 heterocycles. The van der Waals surface area contributed by atoms with Crippen molar-refractivity contribution in [3.05, 3.63) is 0 Å². The number of hydrogen-bond donors (Lipinski definition) is 2. The van der Waals surface area contributed by atoms with E-state index in [2.05, 4.69) is 10.6 Å². The van der Waals surface area contributed by atoms with Crippen molar-refractivity contribution >= 4 is 18.3 Å². The Morgan fingerprint density at radius 1 is 1.60 bits per heavy atom. The van der Waals surface area contributed by atoms with Crippen LogP contribution in [-0.4, -0.2) is 38.8 Å². The van der Waals surface area contributed by atoms with Crippen LogP contribution in [0.4, 0.5) is 0 Å². The summed E-state index contributed by atoms with van der Waals surface area (Å²) in [5, 5.41) is 6.16. The maximum Gasteiger partial charge on any atom is 0.245 e. The van der Waals surface area contributed by atoms with Crippen molar-refractivity contribution in [2.45, 2.75) is 19.8 Å². The van der Waals surface area contributed by atoms with E-state index in [1.807, 2.05) is 6.92 Å². The molecule has 0 aliphatic carbocycles. The molecule has 90 valence electrons. The second kappa shape index (κ2) is 8.95. The first-order chi connectivity index (χ1) is 6.83. The Balaban J connectivity index is 0.00000196. The normalized spacial score (nSPS) is 19.7. The van der Waals surface area contributed by atoms with Gasteiger partial charge >= 0.3 is 0 Å². The van der Waals surface area contributed by atoms with E-state index < -0.39 is 0 Å². The minimum Gasteiger partial charge on any atom is -0.372 e. The zero-order chi connectivity index (χ0) is 10.2. The van der Waals surface area contributed by atoms with Gasteiger partial charge < -0.3 is 15.4 Å². The van der Waals surface area contributed by atoms with E-state index in [0.29, 0.717) is 6.61 Å². The Bertz CT molecular complexity index is 173. The molecule has 1 aliphatic rings. The summed E-state index contributed by atoms with van der Waals surface area (Å²) in [5.41, 5.74) is 0. The Hall–Kier alpha value is -0.320. The number of nitrogens with one attached hydrogen (secondary N) is 2. The highest BCUT2D eigenvalue weighted by Gasteiger charge is 2.13. The molecular weight excluding hydrogens is 216 g/mol. The van der Waals surface area contributed by atoms with Crippen LogP contribution in [0.5, 0.6) is 0 Å². The van der Waals surface area contributed by atoms with E-state index in [-0.39, 0.29) is 24.9 Å². The molecule has 0 aromatic heterocycles. The van der Waals surface area contributed by atoms with Crippen LogP contribution in [0.3, 0.4) is 0 Å². The molecule has 1 unspecified atom stereocenters. The molecule has 1 atom stereocenters. The summed E-state index contributed by atoms with van der Waals surface area (Å²) in [6, 6.07) is 0. The molecule has 1 amide bonds. The fourth-order valence-electron chi connectivity index (χ4n) is 1.62. The monoisotopic (exact) mass is 236 g/mol. The van der Waals surface area contributed by atoms with E-state index in [0.717, 1.165) is 32.0 Å². The molecule has 1 rings (SSSR count). The van der Waals surface area contributed by atoms with Crippen molar-refractivity contribution in [1.29, 1.82) is 0 Å². The van der Waals surface area contributed by atoms with Gasteiger partial charge in [-0.3, -0.25) is 4.79 Å². The zero-order valence-corrected chi connectivity index (χ0v) is 10.1. The Morgan fingerprint density at radius 3 is 3.00 bits per heavy atom. The first kappa shape index (κ1) is 14.7. The summed E-state index contributed by atoms with van der Waals surface area (Å²) in [7, 11) is 0. The lowest BCUT2D eigenvalue weighted by Crippen LogP contribution is -2.29. The predicted octanol–water partition coefficient (Wildman–Crippen LogP) is 0.560. The fraction of sp³-hybridized carbons (Fsp3) is 0.900. The van der Waals surface area contributed by atoms with Crippen molar-refractivity contribution in [3.8, 4) is 0 Å². The predicted molar refractivity (Wildman–Crippen MR) is 62.3 cm³/mol. The van der Waals surface area contributed by atoms with Gasteiger partial charge in [0.25, 0.3) is 0 Å². The molecule has 1 fully saturated rings. The van der Waals surface area contributed by atoms with Crippen LogP contribution in [0.1, 0.15) is 19.8 Å². The SMILES string of the molecule is CCOCC(=O)NCCC1CCNC1.Cl. The first-order valence-corrected chi connectivity index (χ1v) is 5.38. The highest BCUT2D eigenvalue weighted by Crippen LogP contribution is 2.10. The second-order valence-corrected chi connectivity index (χ2v) is 3.63. The molecule has 0 aromatic carbocycles. The fourth-order valence-corrected chi connectivity index (χ4v) is 1.62. The molecule has 0 aromatic rings. The molecule has 0 bridgehead atoms. The van der Waals surface area contributed by atoms with E-state index >= 15 is 0 Å². The summed E-state index contributed by atoms with van der Waals surface area (Å²) in [5.74, 6) is 0.736. The number of carbonyl (C=O) groups excluding carboxylic acids is 1. The van der Waals surface area contributed by atoms with Crippen molar-refractivity contribution in [3.63, 3.8) is 0 Å². The zero-order valence-electron chi connectivity index (χ0n) is 9.25.